The average Bonchev–Trinajstić information content (AvgIpc) is 3.06. The number of ether oxygens (including phenoxy) is 1. The highest BCUT2D eigenvalue weighted by Gasteiger charge is 2.48. The third kappa shape index (κ3) is 3.84. The van der Waals surface area contributed by atoms with Crippen LogP contribution in [0.2, 0.25) is 0 Å². The van der Waals surface area contributed by atoms with E-state index in [0.29, 0.717) is 37.2 Å². The Balaban J connectivity index is 1.14. The van der Waals surface area contributed by atoms with E-state index in [4.69, 9.17) is 4.74 Å². The fourth-order valence-electron chi connectivity index (χ4n) is 5.59. The third-order valence-corrected chi connectivity index (χ3v) is 7.38. The Labute approximate surface area is 181 Å². The molecule has 2 saturated carbocycles. The molecule has 5 nitrogen and oxygen atoms in total. The normalized spacial score (nSPS) is 30.0. The molecule has 1 spiro atoms. The highest BCUT2D eigenvalue weighted by Crippen LogP contribution is 2.47. The summed E-state index contributed by atoms with van der Waals surface area (Å²) in [5.74, 6) is -0.0420. The van der Waals surface area contributed by atoms with Crippen LogP contribution in [0.1, 0.15) is 78.8 Å². The summed E-state index contributed by atoms with van der Waals surface area (Å²) in [7, 11) is 0. The van der Waals surface area contributed by atoms with Crippen LogP contribution in [0.15, 0.2) is 42.7 Å². The van der Waals surface area contributed by atoms with E-state index in [-0.39, 0.29) is 29.7 Å². The van der Waals surface area contributed by atoms with Crippen molar-refractivity contribution in [2.24, 2.45) is 5.92 Å². The number of aromatic nitrogens is 1. The highest BCUT2D eigenvalue weighted by atomic mass is 19.1. The molecule has 2 heterocycles. The van der Waals surface area contributed by atoms with E-state index in [9.17, 15) is 14.0 Å². The zero-order chi connectivity index (χ0) is 21.4. The molecule has 0 radical (unpaired) electrons. The number of carbonyl (C=O) groups is 2. The number of nitrogens with one attached hydrogen (secondary N) is 1. The van der Waals surface area contributed by atoms with Gasteiger partial charge in [0.05, 0.1) is 5.56 Å². The average molecular weight is 423 g/mol. The van der Waals surface area contributed by atoms with E-state index in [1.54, 1.807) is 30.6 Å². The molecule has 1 aromatic heterocycles. The van der Waals surface area contributed by atoms with Crippen molar-refractivity contribution in [3.8, 4) is 0 Å². The van der Waals surface area contributed by atoms with Crippen LogP contribution in [-0.4, -0.2) is 22.9 Å². The van der Waals surface area contributed by atoms with Crippen molar-refractivity contribution in [1.82, 2.24) is 10.3 Å². The lowest BCUT2D eigenvalue weighted by Gasteiger charge is -2.36. The molecule has 1 N–H and O–H groups in total. The van der Waals surface area contributed by atoms with E-state index in [2.05, 4.69) is 10.3 Å². The predicted octanol–water partition coefficient (Wildman–Crippen LogP) is 4.62. The van der Waals surface area contributed by atoms with Gasteiger partial charge >= 0.3 is 5.97 Å². The summed E-state index contributed by atoms with van der Waals surface area (Å²) in [5, 5.41) is 3.25. The lowest BCUT2D eigenvalue weighted by molar-refractivity contribution is -0.129. The predicted molar refractivity (Wildman–Crippen MR) is 113 cm³/mol. The second-order valence-electron chi connectivity index (χ2n) is 9.19. The summed E-state index contributed by atoms with van der Waals surface area (Å²) in [6.45, 7) is 0. The molecular weight excluding hydrogens is 395 g/mol. The quantitative estimate of drug-likeness (QED) is 0.733. The van der Waals surface area contributed by atoms with Gasteiger partial charge in [0.25, 0.3) is 0 Å². The molecule has 31 heavy (non-hydrogen) atoms. The monoisotopic (exact) mass is 422 g/mol. The van der Waals surface area contributed by atoms with Crippen molar-refractivity contribution in [2.75, 3.05) is 0 Å². The van der Waals surface area contributed by atoms with Gasteiger partial charge in [0.2, 0.25) is 5.91 Å². The van der Waals surface area contributed by atoms with E-state index in [1.807, 2.05) is 6.07 Å². The molecule has 2 aliphatic carbocycles. The van der Waals surface area contributed by atoms with Crippen LogP contribution in [0, 0.1) is 11.7 Å². The molecule has 162 valence electrons. The molecule has 2 fully saturated rings. The number of nitrogens with zero attached hydrogens (tertiary/aromatic N) is 1. The van der Waals surface area contributed by atoms with Gasteiger partial charge in [0.15, 0.2) is 0 Å². The first-order chi connectivity index (χ1) is 15.0. The number of fused-ring (bicyclic) bond motifs is 2. The number of pyridine rings is 1. The Morgan fingerprint density at radius 1 is 1.10 bits per heavy atom. The second kappa shape index (κ2) is 8.06. The summed E-state index contributed by atoms with van der Waals surface area (Å²) in [5.41, 5.74) is 1.92. The second-order valence-corrected chi connectivity index (χ2v) is 9.19. The first-order valence-corrected chi connectivity index (χ1v) is 11.3. The van der Waals surface area contributed by atoms with Crippen molar-refractivity contribution in [3.05, 3.63) is 65.2 Å². The molecular formula is C25H27FN2O3. The van der Waals surface area contributed by atoms with Crippen molar-refractivity contribution in [2.45, 2.75) is 68.9 Å². The Morgan fingerprint density at radius 2 is 1.87 bits per heavy atom. The zero-order valence-corrected chi connectivity index (χ0v) is 17.5. The third-order valence-electron chi connectivity index (χ3n) is 7.38. The zero-order valence-electron chi connectivity index (χ0n) is 17.5. The number of rotatable bonds is 3. The molecule has 1 amide bonds. The highest BCUT2D eigenvalue weighted by molar-refractivity contribution is 5.94. The van der Waals surface area contributed by atoms with Crippen molar-refractivity contribution in [3.63, 3.8) is 0 Å². The maximum absolute atomic E-state index is 13.5. The molecule has 0 atom stereocenters. The first kappa shape index (κ1) is 20.2. The standard InChI is InChI=1S/C25H27FN2O3/c26-19-3-1-2-18(14-19)16-4-6-20(7-5-16)28-23(29)17-8-11-25(12-9-17)22-15-27-13-10-21(22)24(30)31-25/h1-3,10,13-17,20H,4-9,11-12H2,(H,28,29). The molecule has 3 aliphatic rings. The maximum atomic E-state index is 13.5. The first-order valence-electron chi connectivity index (χ1n) is 11.3. The summed E-state index contributed by atoms with van der Waals surface area (Å²) in [6, 6.07) is 8.77. The Morgan fingerprint density at radius 3 is 2.61 bits per heavy atom. The summed E-state index contributed by atoms with van der Waals surface area (Å²) in [4.78, 5) is 29.3. The van der Waals surface area contributed by atoms with Gasteiger partial charge in [-0.15, -0.1) is 0 Å². The maximum Gasteiger partial charge on any atom is 0.339 e. The number of amides is 1. The Kier molecular flexibility index (Phi) is 5.24. The number of halogens is 1. The minimum absolute atomic E-state index is 0.0500. The number of hydrogen-bond acceptors (Lipinski definition) is 4. The van der Waals surface area contributed by atoms with E-state index < -0.39 is 5.60 Å². The van der Waals surface area contributed by atoms with Gasteiger partial charge in [0.1, 0.15) is 11.4 Å². The lowest BCUT2D eigenvalue weighted by atomic mass is 9.75. The molecule has 5 rings (SSSR count). The SMILES string of the molecule is O=C1OC2(CCC(C(=O)NC3CCC(c4cccc(F)c4)CC3)CC2)c2cnccc21. The number of esters is 1. The van der Waals surface area contributed by atoms with Crippen LogP contribution >= 0.6 is 0 Å². The minimum atomic E-state index is -0.611. The number of carbonyl (C=O) groups excluding carboxylic acids is 2. The largest absolute Gasteiger partial charge is 0.450 e. The van der Waals surface area contributed by atoms with Crippen LogP contribution in [0.3, 0.4) is 0 Å². The summed E-state index contributed by atoms with van der Waals surface area (Å²) in [6.07, 6.45) is 9.81. The summed E-state index contributed by atoms with van der Waals surface area (Å²) >= 11 is 0. The molecule has 0 unspecified atom stereocenters. The van der Waals surface area contributed by atoms with Gasteiger partial charge < -0.3 is 10.1 Å². The van der Waals surface area contributed by atoms with E-state index in [0.717, 1.165) is 36.8 Å². The van der Waals surface area contributed by atoms with Crippen LogP contribution in [0.5, 0.6) is 0 Å². The van der Waals surface area contributed by atoms with Gasteiger partial charge in [-0.1, -0.05) is 12.1 Å². The molecule has 0 bridgehead atoms. The van der Waals surface area contributed by atoms with Crippen LogP contribution < -0.4 is 5.32 Å². The molecule has 2 aromatic rings. The number of hydrogen-bond donors (Lipinski definition) is 1. The molecule has 1 aliphatic heterocycles. The lowest BCUT2D eigenvalue weighted by Crippen LogP contribution is -2.43. The van der Waals surface area contributed by atoms with Gasteiger partial charge in [-0.05, 0) is 81.0 Å². The van der Waals surface area contributed by atoms with Crippen LogP contribution in [-0.2, 0) is 15.1 Å². The number of benzene rings is 1. The minimum Gasteiger partial charge on any atom is -0.450 e. The van der Waals surface area contributed by atoms with Crippen molar-refractivity contribution >= 4 is 11.9 Å². The van der Waals surface area contributed by atoms with Crippen molar-refractivity contribution in [1.29, 1.82) is 0 Å². The topological polar surface area (TPSA) is 68.3 Å². The van der Waals surface area contributed by atoms with Gasteiger partial charge in [-0.25, -0.2) is 9.18 Å². The summed E-state index contributed by atoms with van der Waals surface area (Å²) < 4.78 is 19.3. The smallest absolute Gasteiger partial charge is 0.339 e. The Hall–Kier alpha value is -2.76. The van der Waals surface area contributed by atoms with E-state index in [1.165, 1.54) is 6.07 Å². The van der Waals surface area contributed by atoms with E-state index >= 15 is 0 Å². The van der Waals surface area contributed by atoms with Crippen LogP contribution in [0.25, 0.3) is 0 Å². The Bertz CT molecular complexity index is 992. The van der Waals surface area contributed by atoms with Gasteiger partial charge in [0, 0.05) is 29.9 Å². The van der Waals surface area contributed by atoms with Crippen LogP contribution in [0.4, 0.5) is 4.39 Å². The van der Waals surface area contributed by atoms with Gasteiger partial charge in [-0.2, -0.15) is 0 Å². The molecule has 6 heteroatoms. The fourth-order valence-corrected chi connectivity index (χ4v) is 5.59. The molecule has 1 aromatic carbocycles. The molecule has 0 saturated heterocycles. The fraction of sp³-hybridized carbons (Fsp3) is 0.480. The van der Waals surface area contributed by atoms with Crippen molar-refractivity contribution < 1.29 is 18.7 Å². The van der Waals surface area contributed by atoms with Gasteiger partial charge in [-0.3, -0.25) is 9.78 Å².